The Labute approximate surface area is 175 Å². The number of nitrogen functional groups attached to an aromatic ring is 1. The first-order valence-electron chi connectivity index (χ1n) is 8.32. The molecule has 2 aromatic rings. The molecule has 1 aliphatic carbocycles. The van der Waals surface area contributed by atoms with Crippen LogP contribution in [0.2, 0.25) is 0 Å². The van der Waals surface area contributed by atoms with Crippen molar-refractivity contribution in [3.63, 3.8) is 0 Å². The van der Waals surface area contributed by atoms with Gasteiger partial charge in [0.05, 0.1) is 5.38 Å². The number of nitrogens with two attached hydrogens (primary N) is 1. The van der Waals surface area contributed by atoms with E-state index in [0.717, 1.165) is 5.57 Å². The molecule has 3 rings (SSSR count). The van der Waals surface area contributed by atoms with Gasteiger partial charge in [-0.15, -0.1) is 22.9 Å². The van der Waals surface area contributed by atoms with Gasteiger partial charge in [0.15, 0.2) is 0 Å². The molecule has 0 spiro atoms. The van der Waals surface area contributed by atoms with E-state index in [1.807, 2.05) is 18.2 Å². The predicted octanol–water partition coefficient (Wildman–Crippen LogP) is 4.46. The van der Waals surface area contributed by atoms with E-state index in [0.29, 0.717) is 28.1 Å². The van der Waals surface area contributed by atoms with E-state index < -0.39 is 11.9 Å². The monoisotopic (exact) mass is 435 g/mol. The molecule has 146 valence electrons. The van der Waals surface area contributed by atoms with Crippen molar-refractivity contribution in [2.24, 2.45) is 0 Å². The molecule has 0 saturated carbocycles. The maximum absolute atomic E-state index is 12.7. The number of aromatic carboxylic acids is 1. The lowest BCUT2D eigenvalue weighted by Crippen LogP contribution is -2.14. The van der Waals surface area contributed by atoms with Gasteiger partial charge in [-0.3, -0.25) is 9.52 Å². The van der Waals surface area contributed by atoms with Gasteiger partial charge in [0.2, 0.25) is 0 Å². The van der Waals surface area contributed by atoms with Crippen molar-refractivity contribution in [1.82, 2.24) is 4.72 Å². The van der Waals surface area contributed by atoms with Crippen LogP contribution in [0.4, 0.5) is 10.7 Å². The van der Waals surface area contributed by atoms with Crippen molar-refractivity contribution >= 4 is 63.0 Å². The number of thiophene rings is 1. The van der Waals surface area contributed by atoms with Gasteiger partial charge in [-0.1, -0.05) is 18.2 Å². The third kappa shape index (κ3) is 4.41. The van der Waals surface area contributed by atoms with Crippen LogP contribution in [0.25, 0.3) is 5.57 Å². The molecule has 0 aliphatic heterocycles. The van der Waals surface area contributed by atoms with Crippen LogP contribution < -0.4 is 15.8 Å². The Hall–Kier alpha value is -2.26. The van der Waals surface area contributed by atoms with Crippen molar-refractivity contribution < 1.29 is 14.7 Å². The van der Waals surface area contributed by atoms with Crippen molar-refractivity contribution in [3.05, 3.63) is 58.5 Å². The third-order valence-electron chi connectivity index (χ3n) is 4.08. The molecule has 1 aromatic carbocycles. The number of benzene rings is 1. The minimum atomic E-state index is -1.10. The molecule has 1 unspecified atom stereocenters. The molecule has 1 aromatic heterocycles. The van der Waals surface area contributed by atoms with Crippen LogP contribution in [-0.4, -0.2) is 29.4 Å². The average Bonchev–Trinajstić information content (AvgIpc) is 3.08. The summed E-state index contributed by atoms with van der Waals surface area (Å²) in [6.45, 7) is 0. The van der Waals surface area contributed by atoms with E-state index in [2.05, 4.69) is 10.0 Å². The highest BCUT2D eigenvalue weighted by Gasteiger charge is 2.23. The van der Waals surface area contributed by atoms with E-state index in [-0.39, 0.29) is 15.9 Å². The highest BCUT2D eigenvalue weighted by molar-refractivity contribution is 7.97. The lowest BCUT2D eigenvalue weighted by molar-refractivity contribution is 0.0698. The molecule has 1 amide bonds. The van der Waals surface area contributed by atoms with Crippen LogP contribution in [0, 0.1) is 0 Å². The number of carbonyl (C=O) groups is 2. The lowest BCUT2D eigenvalue weighted by Gasteiger charge is -2.11. The molecule has 0 fully saturated rings. The van der Waals surface area contributed by atoms with E-state index in [4.69, 9.17) is 17.3 Å². The Kier molecular flexibility index (Phi) is 6.46. The smallest absolute Gasteiger partial charge is 0.339 e. The zero-order valence-electron chi connectivity index (χ0n) is 14.9. The van der Waals surface area contributed by atoms with E-state index in [1.54, 1.807) is 30.6 Å². The number of alkyl halides is 1. The summed E-state index contributed by atoms with van der Waals surface area (Å²) < 4.78 is 2.91. The fourth-order valence-corrected chi connectivity index (χ4v) is 4.43. The average molecular weight is 436 g/mol. The first-order valence-corrected chi connectivity index (χ1v) is 10.5. The summed E-state index contributed by atoms with van der Waals surface area (Å²) >= 11 is 8.52. The summed E-state index contributed by atoms with van der Waals surface area (Å²) in [7, 11) is 1.75. The summed E-state index contributed by atoms with van der Waals surface area (Å²) in [6, 6.07) is 4.91. The molecule has 5 N–H and O–H groups in total. The standard InChI is InChI=1S/C19H18ClN3O3S2/c1-22-28-15-8-11(4-7-14(15)21)17(24)23-18-16(19(25)26)13(9-27-18)10-2-5-12(20)6-3-10/h2-5,7-9,12,22H,6,21H2,1H3,(H,23,24)(H,25,26). The predicted molar refractivity (Wildman–Crippen MR) is 116 cm³/mol. The normalized spacial score (nSPS) is 15.9. The maximum atomic E-state index is 12.7. The van der Waals surface area contributed by atoms with E-state index >= 15 is 0 Å². The second kappa shape index (κ2) is 8.83. The number of anilines is 2. The fraction of sp³-hybridized carbons (Fsp3) is 0.158. The largest absolute Gasteiger partial charge is 0.478 e. The molecule has 28 heavy (non-hydrogen) atoms. The van der Waals surface area contributed by atoms with Gasteiger partial charge in [-0.2, -0.15) is 0 Å². The Morgan fingerprint density at radius 2 is 2.18 bits per heavy atom. The minimum Gasteiger partial charge on any atom is -0.478 e. The number of allylic oxidation sites excluding steroid dienone is 4. The van der Waals surface area contributed by atoms with Crippen LogP contribution in [0.5, 0.6) is 0 Å². The molecule has 0 saturated heterocycles. The van der Waals surface area contributed by atoms with Gasteiger partial charge in [0.25, 0.3) is 5.91 Å². The minimum absolute atomic E-state index is 0.0718. The first-order chi connectivity index (χ1) is 13.4. The van der Waals surface area contributed by atoms with Gasteiger partial charge in [0.1, 0.15) is 10.6 Å². The number of hydrogen-bond acceptors (Lipinski definition) is 6. The highest BCUT2D eigenvalue weighted by atomic mass is 35.5. The Balaban J connectivity index is 1.89. The maximum Gasteiger partial charge on any atom is 0.339 e. The van der Waals surface area contributed by atoms with E-state index in [1.165, 1.54) is 23.3 Å². The van der Waals surface area contributed by atoms with Gasteiger partial charge >= 0.3 is 5.97 Å². The molecule has 1 aliphatic rings. The van der Waals surface area contributed by atoms with Crippen molar-refractivity contribution in [2.75, 3.05) is 18.1 Å². The van der Waals surface area contributed by atoms with Crippen LogP contribution in [-0.2, 0) is 0 Å². The quantitative estimate of drug-likeness (QED) is 0.303. The molecule has 0 radical (unpaired) electrons. The summed E-state index contributed by atoms with van der Waals surface area (Å²) in [6.07, 6.45) is 6.16. The Morgan fingerprint density at radius 3 is 2.82 bits per heavy atom. The molecule has 0 bridgehead atoms. The lowest BCUT2D eigenvalue weighted by atomic mass is 9.98. The number of amides is 1. The van der Waals surface area contributed by atoms with Crippen molar-refractivity contribution in [2.45, 2.75) is 16.7 Å². The second-order valence-corrected chi connectivity index (χ2v) is 8.43. The first kappa shape index (κ1) is 20.5. The highest BCUT2D eigenvalue weighted by Crippen LogP contribution is 2.36. The Bertz CT molecular complexity index is 985. The number of halogens is 1. The zero-order valence-corrected chi connectivity index (χ0v) is 17.3. The van der Waals surface area contributed by atoms with E-state index in [9.17, 15) is 14.7 Å². The van der Waals surface area contributed by atoms with Crippen molar-refractivity contribution in [1.29, 1.82) is 0 Å². The summed E-state index contributed by atoms with van der Waals surface area (Å²) in [5.74, 6) is -1.50. The number of rotatable bonds is 6. The summed E-state index contributed by atoms with van der Waals surface area (Å²) in [4.78, 5) is 25.3. The number of carboxylic acids is 1. The van der Waals surface area contributed by atoms with Crippen LogP contribution in [0.3, 0.4) is 0 Å². The number of carbonyl (C=O) groups excluding carboxylic acids is 1. The molecule has 6 nitrogen and oxygen atoms in total. The van der Waals surface area contributed by atoms with Crippen LogP contribution in [0.1, 0.15) is 32.7 Å². The fourth-order valence-electron chi connectivity index (χ4n) is 2.72. The van der Waals surface area contributed by atoms with Gasteiger partial charge in [-0.25, -0.2) is 4.79 Å². The van der Waals surface area contributed by atoms with Gasteiger partial charge in [-0.05, 0) is 49.2 Å². The number of hydrogen-bond donors (Lipinski definition) is 4. The number of carboxylic acid groups (broad SMARTS) is 1. The molecule has 1 atom stereocenters. The topological polar surface area (TPSA) is 104 Å². The third-order valence-corrected chi connectivity index (χ3v) is 6.07. The molecular formula is C19H18ClN3O3S2. The van der Waals surface area contributed by atoms with Gasteiger partial charge < -0.3 is 16.2 Å². The number of nitrogens with one attached hydrogen (secondary N) is 2. The van der Waals surface area contributed by atoms with Crippen molar-refractivity contribution in [3.8, 4) is 0 Å². The van der Waals surface area contributed by atoms with Crippen LogP contribution >= 0.6 is 34.9 Å². The SMILES string of the molecule is CNSc1cc(C(=O)Nc2scc(C3=CCC(Cl)C=C3)c2C(=O)O)ccc1N. The molecular weight excluding hydrogens is 418 g/mol. The van der Waals surface area contributed by atoms with Gasteiger partial charge in [0, 0.05) is 27.1 Å². The van der Waals surface area contributed by atoms with Crippen LogP contribution in [0.15, 0.2) is 46.7 Å². The summed E-state index contributed by atoms with van der Waals surface area (Å²) in [5.41, 5.74) is 8.26. The second-order valence-electron chi connectivity index (χ2n) is 5.94. The zero-order chi connectivity index (χ0) is 20.3. The summed E-state index contributed by atoms with van der Waals surface area (Å²) in [5, 5.41) is 14.3. The Morgan fingerprint density at radius 1 is 1.39 bits per heavy atom. The molecule has 9 heteroatoms. The molecule has 1 heterocycles.